The molecule has 0 bridgehead atoms. The molecule has 0 radical (unpaired) electrons. The number of hydrogen-bond acceptors (Lipinski definition) is 3. The number of unbranched alkanes of at least 4 members (excludes halogenated alkanes) is 1. The number of Topliss-reactive ketones (excluding diaryl/α,β-unsaturated/α-hetero) is 1. The quantitative estimate of drug-likeness (QED) is 0.708. The number of nitrogens with zero attached hydrogens (tertiary/aromatic N) is 1. The van der Waals surface area contributed by atoms with Crippen molar-refractivity contribution in [2.24, 2.45) is 0 Å². The molecule has 4 heteroatoms. The van der Waals surface area contributed by atoms with E-state index in [1.807, 2.05) is 24.3 Å². The van der Waals surface area contributed by atoms with Crippen molar-refractivity contribution in [3.8, 4) is 0 Å². The number of aliphatic hydroxyl groups is 1. The van der Waals surface area contributed by atoms with Crippen molar-refractivity contribution in [2.75, 3.05) is 26.2 Å². The van der Waals surface area contributed by atoms with Crippen molar-refractivity contribution in [1.82, 2.24) is 4.90 Å². The molecule has 1 rings (SSSR count). The number of carbonyl (C=O) groups excluding carboxylic acids is 1. The van der Waals surface area contributed by atoms with Crippen molar-refractivity contribution in [3.05, 3.63) is 34.3 Å². The van der Waals surface area contributed by atoms with Crippen LogP contribution in [0.15, 0.2) is 28.7 Å². The highest BCUT2D eigenvalue weighted by molar-refractivity contribution is 9.10. The molecule has 0 aromatic heterocycles. The van der Waals surface area contributed by atoms with Crippen molar-refractivity contribution in [1.29, 1.82) is 0 Å². The van der Waals surface area contributed by atoms with Crippen molar-refractivity contribution < 1.29 is 9.90 Å². The highest BCUT2D eigenvalue weighted by Gasteiger charge is 2.09. The molecule has 1 N–H and O–H groups in total. The monoisotopic (exact) mass is 327 g/mol. The molecular weight excluding hydrogens is 306 g/mol. The minimum atomic E-state index is 0.148. The lowest BCUT2D eigenvalue weighted by Crippen LogP contribution is -2.30. The maximum atomic E-state index is 12.1. The summed E-state index contributed by atoms with van der Waals surface area (Å²) in [5.41, 5.74) is 0.744. The lowest BCUT2D eigenvalue weighted by Gasteiger charge is -2.20. The van der Waals surface area contributed by atoms with Crippen LogP contribution < -0.4 is 0 Å². The molecule has 106 valence electrons. The molecule has 0 atom stereocenters. The third kappa shape index (κ3) is 6.32. The molecule has 0 aliphatic carbocycles. The molecule has 19 heavy (non-hydrogen) atoms. The number of hydrogen-bond donors (Lipinski definition) is 1. The summed E-state index contributed by atoms with van der Waals surface area (Å²) in [6, 6.07) is 7.48. The first-order valence-electron chi connectivity index (χ1n) is 6.79. The normalized spacial score (nSPS) is 10.9. The van der Waals surface area contributed by atoms with Crippen LogP contribution in [0.4, 0.5) is 0 Å². The number of ketones is 1. The Kier molecular flexibility index (Phi) is 7.94. The average molecular weight is 328 g/mol. The minimum Gasteiger partial charge on any atom is -0.395 e. The van der Waals surface area contributed by atoms with Gasteiger partial charge in [0.15, 0.2) is 5.78 Å². The maximum absolute atomic E-state index is 12.1. The van der Waals surface area contributed by atoms with E-state index >= 15 is 0 Å². The van der Waals surface area contributed by atoms with Crippen LogP contribution in [0.25, 0.3) is 0 Å². The van der Waals surface area contributed by atoms with E-state index in [9.17, 15) is 4.79 Å². The zero-order valence-corrected chi connectivity index (χ0v) is 13.0. The highest BCUT2D eigenvalue weighted by Crippen LogP contribution is 2.13. The molecule has 0 unspecified atom stereocenters. The second-order valence-corrected chi connectivity index (χ2v) is 5.52. The first kappa shape index (κ1) is 16.3. The second-order valence-electron chi connectivity index (χ2n) is 4.60. The maximum Gasteiger partial charge on any atom is 0.164 e. The first-order chi connectivity index (χ1) is 9.17. The molecule has 0 amide bonds. The third-order valence-corrected chi connectivity index (χ3v) is 3.54. The largest absolute Gasteiger partial charge is 0.395 e. The molecular formula is C15H22BrNO2. The van der Waals surface area contributed by atoms with Crippen LogP contribution in [-0.2, 0) is 0 Å². The minimum absolute atomic E-state index is 0.148. The van der Waals surface area contributed by atoms with Gasteiger partial charge in [0.2, 0.25) is 0 Å². The summed E-state index contributed by atoms with van der Waals surface area (Å²) >= 11 is 3.37. The van der Waals surface area contributed by atoms with Crippen LogP contribution in [-0.4, -0.2) is 42.0 Å². The van der Waals surface area contributed by atoms with Gasteiger partial charge in [-0.25, -0.2) is 0 Å². The Morgan fingerprint density at radius 1 is 1.32 bits per heavy atom. The van der Waals surface area contributed by atoms with Gasteiger partial charge in [-0.05, 0) is 25.1 Å². The second kappa shape index (κ2) is 9.23. The fourth-order valence-corrected chi connectivity index (χ4v) is 2.32. The Morgan fingerprint density at radius 3 is 2.74 bits per heavy atom. The number of aliphatic hydroxyl groups excluding tert-OH is 1. The summed E-state index contributed by atoms with van der Waals surface area (Å²) in [4.78, 5) is 14.2. The van der Waals surface area contributed by atoms with Crippen LogP contribution in [0.2, 0.25) is 0 Å². The van der Waals surface area contributed by atoms with Crippen molar-refractivity contribution >= 4 is 21.7 Å². The van der Waals surface area contributed by atoms with Crippen LogP contribution in [0.1, 0.15) is 36.5 Å². The van der Waals surface area contributed by atoms with Gasteiger partial charge in [-0.1, -0.05) is 41.4 Å². The molecule has 3 nitrogen and oxygen atoms in total. The van der Waals surface area contributed by atoms with E-state index in [2.05, 4.69) is 27.8 Å². The van der Waals surface area contributed by atoms with E-state index in [1.54, 1.807) is 0 Å². The average Bonchev–Trinajstić information content (AvgIpc) is 2.41. The van der Waals surface area contributed by atoms with E-state index in [1.165, 1.54) is 0 Å². The SMILES string of the molecule is CCCCN(CCO)CCC(=O)c1cccc(Br)c1. The Bertz CT molecular complexity index is 395. The van der Waals surface area contributed by atoms with Crippen molar-refractivity contribution in [3.63, 3.8) is 0 Å². The smallest absolute Gasteiger partial charge is 0.164 e. The summed E-state index contributed by atoms with van der Waals surface area (Å²) in [7, 11) is 0. The Balaban J connectivity index is 2.46. The van der Waals surface area contributed by atoms with Crippen LogP contribution in [0.5, 0.6) is 0 Å². The molecule has 0 heterocycles. The molecule has 0 aliphatic heterocycles. The zero-order valence-electron chi connectivity index (χ0n) is 11.4. The molecule has 0 fully saturated rings. The van der Waals surface area contributed by atoms with Crippen LogP contribution in [0.3, 0.4) is 0 Å². The van der Waals surface area contributed by atoms with E-state index in [0.717, 1.165) is 29.4 Å². The first-order valence-corrected chi connectivity index (χ1v) is 7.58. The lowest BCUT2D eigenvalue weighted by molar-refractivity contribution is 0.0956. The predicted molar refractivity (Wildman–Crippen MR) is 81.5 cm³/mol. The summed E-state index contributed by atoms with van der Waals surface area (Å²) in [6.07, 6.45) is 2.73. The predicted octanol–water partition coefficient (Wildman–Crippen LogP) is 3.12. The van der Waals surface area contributed by atoms with Crippen LogP contribution in [0, 0.1) is 0 Å². The van der Waals surface area contributed by atoms with E-state index in [-0.39, 0.29) is 12.4 Å². The summed E-state index contributed by atoms with van der Waals surface area (Å²) in [5, 5.41) is 9.02. The van der Waals surface area contributed by atoms with E-state index in [0.29, 0.717) is 19.5 Å². The Morgan fingerprint density at radius 2 is 2.11 bits per heavy atom. The highest BCUT2D eigenvalue weighted by atomic mass is 79.9. The van der Waals surface area contributed by atoms with Gasteiger partial charge in [0.25, 0.3) is 0 Å². The number of rotatable bonds is 9. The molecule has 1 aromatic rings. The van der Waals surface area contributed by atoms with E-state index < -0.39 is 0 Å². The third-order valence-electron chi connectivity index (χ3n) is 3.05. The van der Waals surface area contributed by atoms with Gasteiger partial charge in [0.1, 0.15) is 0 Å². The molecule has 1 aromatic carbocycles. The van der Waals surface area contributed by atoms with Gasteiger partial charge in [-0.3, -0.25) is 4.79 Å². The Labute approximate surface area is 123 Å². The van der Waals surface area contributed by atoms with Gasteiger partial charge in [-0.15, -0.1) is 0 Å². The number of benzene rings is 1. The fraction of sp³-hybridized carbons (Fsp3) is 0.533. The zero-order chi connectivity index (χ0) is 14.1. The van der Waals surface area contributed by atoms with Crippen LogP contribution >= 0.6 is 15.9 Å². The fourth-order valence-electron chi connectivity index (χ4n) is 1.92. The Hall–Kier alpha value is -0.710. The molecule has 0 spiro atoms. The summed E-state index contributed by atoms with van der Waals surface area (Å²) < 4.78 is 0.927. The topological polar surface area (TPSA) is 40.5 Å². The van der Waals surface area contributed by atoms with Gasteiger partial charge in [0, 0.05) is 29.5 Å². The van der Waals surface area contributed by atoms with Gasteiger partial charge in [0.05, 0.1) is 6.61 Å². The standard InChI is InChI=1S/C15H22BrNO2/c1-2-3-8-17(10-11-18)9-7-15(19)13-5-4-6-14(16)12-13/h4-6,12,18H,2-3,7-11H2,1H3. The summed E-state index contributed by atoms with van der Waals surface area (Å²) in [5.74, 6) is 0.153. The number of halogens is 1. The molecule has 0 aliphatic rings. The molecule has 0 saturated carbocycles. The van der Waals surface area contributed by atoms with Gasteiger partial charge < -0.3 is 10.0 Å². The summed E-state index contributed by atoms with van der Waals surface area (Å²) in [6.45, 7) is 4.60. The van der Waals surface area contributed by atoms with E-state index in [4.69, 9.17) is 5.11 Å². The number of carbonyl (C=O) groups is 1. The lowest BCUT2D eigenvalue weighted by atomic mass is 10.1. The molecule has 0 saturated heterocycles. The van der Waals surface area contributed by atoms with Gasteiger partial charge in [-0.2, -0.15) is 0 Å². The van der Waals surface area contributed by atoms with Gasteiger partial charge >= 0.3 is 0 Å². The van der Waals surface area contributed by atoms with Crippen molar-refractivity contribution in [2.45, 2.75) is 26.2 Å².